The third-order valence-electron chi connectivity index (χ3n) is 0.861. The first kappa shape index (κ1) is 7.44. The predicted molar refractivity (Wildman–Crippen MR) is 36.6 cm³/mol. The predicted octanol–water partition coefficient (Wildman–Crippen LogP) is 1.58. The summed E-state index contributed by atoms with van der Waals surface area (Å²) in [5.74, 6) is 0.671. The van der Waals surface area contributed by atoms with Gasteiger partial charge in [-0.25, -0.2) is 0 Å². The monoisotopic (exact) mass is 165 g/mol. The molecule has 0 heterocycles. The SMILES string of the molecule is CN[C@H](Br)C(C)C. The Labute approximate surface area is 53.6 Å². The Bertz CT molecular complexity index is 45.3. The van der Waals surface area contributed by atoms with Crippen molar-refractivity contribution in [2.45, 2.75) is 18.8 Å². The summed E-state index contributed by atoms with van der Waals surface area (Å²) in [6, 6.07) is 0. The second kappa shape index (κ2) is 3.44. The molecule has 0 aromatic rings. The number of hydrogen-bond donors (Lipinski definition) is 1. The van der Waals surface area contributed by atoms with Crippen LogP contribution in [0, 0.1) is 5.92 Å². The van der Waals surface area contributed by atoms with Crippen LogP contribution in [0.25, 0.3) is 0 Å². The van der Waals surface area contributed by atoms with Crippen molar-refractivity contribution in [3.05, 3.63) is 0 Å². The molecule has 1 N–H and O–H groups in total. The van der Waals surface area contributed by atoms with Crippen LogP contribution in [0.15, 0.2) is 0 Å². The molecule has 1 nitrogen and oxygen atoms in total. The molecule has 0 aliphatic heterocycles. The van der Waals surface area contributed by atoms with E-state index in [0.717, 1.165) is 0 Å². The topological polar surface area (TPSA) is 12.0 Å². The van der Waals surface area contributed by atoms with Gasteiger partial charge in [-0.3, -0.25) is 0 Å². The minimum atomic E-state index is 0.465. The molecule has 7 heavy (non-hydrogen) atoms. The second-order valence-electron chi connectivity index (χ2n) is 1.93. The number of hydrogen-bond acceptors (Lipinski definition) is 1. The Kier molecular flexibility index (Phi) is 3.66. The average Bonchev–Trinajstić information content (AvgIpc) is 1.65. The summed E-state index contributed by atoms with van der Waals surface area (Å²) in [6.07, 6.45) is 0. The van der Waals surface area contributed by atoms with Crippen LogP contribution in [-0.2, 0) is 0 Å². The molecule has 0 bridgehead atoms. The zero-order chi connectivity index (χ0) is 5.86. The van der Waals surface area contributed by atoms with Gasteiger partial charge in [0.25, 0.3) is 0 Å². The van der Waals surface area contributed by atoms with Gasteiger partial charge in [-0.15, -0.1) is 0 Å². The van der Waals surface area contributed by atoms with Crippen molar-refractivity contribution >= 4 is 15.9 Å². The number of nitrogens with one attached hydrogen (secondary N) is 1. The first-order valence-electron chi connectivity index (χ1n) is 2.49. The Morgan fingerprint density at radius 2 is 1.86 bits per heavy atom. The minimum Gasteiger partial charge on any atom is -0.308 e. The van der Waals surface area contributed by atoms with E-state index in [9.17, 15) is 0 Å². The van der Waals surface area contributed by atoms with Gasteiger partial charge in [-0.05, 0) is 13.0 Å². The lowest BCUT2D eigenvalue weighted by atomic mass is 10.2. The molecule has 0 fully saturated rings. The van der Waals surface area contributed by atoms with Crippen molar-refractivity contribution in [1.29, 1.82) is 0 Å². The Morgan fingerprint density at radius 3 is 1.86 bits per heavy atom. The Hall–Kier alpha value is 0.440. The van der Waals surface area contributed by atoms with E-state index in [0.29, 0.717) is 10.9 Å². The van der Waals surface area contributed by atoms with Gasteiger partial charge in [0.2, 0.25) is 0 Å². The minimum absolute atomic E-state index is 0.465. The molecular weight excluding hydrogens is 154 g/mol. The molecule has 0 amide bonds. The average molecular weight is 166 g/mol. The first-order chi connectivity index (χ1) is 3.18. The van der Waals surface area contributed by atoms with Gasteiger partial charge in [0, 0.05) is 0 Å². The van der Waals surface area contributed by atoms with Gasteiger partial charge in [0.05, 0.1) is 4.95 Å². The van der Waals surface area contributed by atoms with E-state index >= 15 is 0 Å². The van der Waals surface area contributed by atoms with Gasteiger partial charge >= 0.3 is 0 Å². The van der Waals surface area contributed by atoms with E-state index in [1.165, 1.54) is 0 Å². The van der Waals surface area contributed by atoms with Crippen LogP contribution >= 0.6 is 15.9 Å². The van der Waals surface area contributed by atoms with E-state index in [2.05, 4.69) is 35.1 Å². The second-order valence-corrected chi connectivity index (χ2v) is 2.92. The zero-order valence-corrected chi connectivity index (χ0v) is 6.62. The highest BCUT2D eigenvalue weighted by Crippen LogP contribution is 2.05. The molecule has 0 aliphatic carbocycles. The highest BCUT2D eigenvalue weighted by atomic mass is 79.9. The first-order valence-corrected chi connectivity index (χ1v) is 3.41. The fourth-order valence-corrected chi connectivity index (χ4v) is 0.333. The fraction of sp³-hybridized carbons (Fsp3) is 1.00. The largest absolute Gasteiger partial charge is 0.308 e. The molecule has 0 aromatic heterocycles. The van der Waals surface area contributed by atoms with Crippen molar-refractivity contribution in [2.24, 2.45) is 5.92 Å². The van der Waals surface area contributed by atoms with Crippen LogP contribution in [0.4, 0.5) is 0 Å². The summed E-state index contributed by atoms with van der Waals surface area (Å²) in [5, 5.41) is 3.08. The molecular formula is C5H12BrN. The highest BCUT2D eigenvalue weighted by molar-refractivity contribution is 9.09. The lowest BCUT2D eigenvalue weighted by Gasteiger charge is -2.10. The summed E-state index contributed by atoms with van der Waals surface area (Å²) in [4.78, 5) is 0.465. The molecule has 44 valence electrons. The van der Waals surface area contributed by atoms with Crippen LogP contribution in [0.2, 0.25) is 0 Å². The van der Waals surface area contributed by atoms with E-state index in [1.807, 2.05) is 7.05 Å². The van der Waals surface area contributed by atoms with E-state index in [1.54, 1.807) is 0 Å². The lowest BCUT2D eigenvalue weighted by Crippen LogP contribution is -2.23. The van der Waals surface area contributed by atoms with E-state index in [4.69, 9.17) is 0 Å². The molecule has 0 spiro atoms. The number of rotatable bonds is 2. The van der Waals surface area contributed by atoms with Crippen molar-refractivity contribution in [3.8, 4) is 0 Å². The van der Waals surface area contributed by atoms with Gasteiger partial charge in [-0.1, -0.05) is 29.8 Å². The third-order valence-corrected chi connectivity index (χ3v) is 2.38. The molecule has 0 aliphatic rings. The lowest BCUT2D eigenvalue weighted by molar-refractivity contribution is 0.561. The summed E-state index contributed by atoms with van der Waals surface area (Å²) < 4.78 is 0. The molecule has 0 saturated carbocycles. The summed E-state index contributed by atoms with van der Waals surface area (Å²) in [6.45, 7) is 4.33. The molecule has 0 unspecified atom stereocenters. The molecule has 0 radical (unpaired) electrons. The Morgan fingerprint density at radius 1 is 1.43 bits per heavy atom. The molecule has 0 saturated heterocycles. The maximum Gasteiger partial charge on any atom is 0.0651 e. The van der Waals surface area contributed by atoms with Gasteiger partial charge in [-0.2, -0.15) is 0 Å². The summed E-state index contributed by atoms with van der Waals surface area (Å²) >= 11 is 3.43. The quantitative estimate of drug-likeness (QED) is 0.485. The van der Waals surface area contributed by atoms with Crippen LogP contribution < -0.4 is 5.32 Å². The van der Waals surface area contributed by atoms with Crippen LogP contribution in [0.5, 0.6) is 0 Å². The summed E-state index contributed by atoms with van der Waals surface area (Å²) in [5.41, 5.74) is 0. The van der Waals surface area contributed by atoms with Crippen LogP contribution in [0.3, 0.4) is 0 Å². The Balaban J connectivity index is 3.14. The molecule has 1 atom stereocenters. The zero-order valence-electron chi connectivity index (χ0n) is 5.03. The standard InChI is InChI=1S/C5H12BrN/c1-4(2)5(6)7-3/h4-5,7H,1-3H3/t5-/m0/s1. The van der Waals surface area contributed by atoms with Crippen molar-refractivity contribution in [3.63, 3.8) is 0 Å². The molecule has 0 aromatic carbocycles. The fourth-order valence-electron chi connectivity index (χ4n) is 0.333. The summed E-state index contributed by atoms with van der Waals surface area (Å²) in [7, 11) is 1.94. The van der Waals surface area contributed by atoms with Gasteiger partial charge in [0.15, 0.2) is 0 Å². The van der Waals surface area contributed by atoms with Crippen LogP contribution in [0.1, 0.15) is 13.8 Å². The highest BCUT2D eigenvalue weighted by Gasteiger charge is 2.02. The van der Waals surface area contributed by atoms with E-state index < -0.39 is 0 Å². The smallest absolute Gasteiger partial charge is 0.0651 e. The van der Waals surface area contributed by atoms with Crippen molar-refractivity contribution in [1.82, 2.24) is 5.32 Å². The number of halogens is 1. The third kappa shape index (κ3) is 3.06. The van der Waals surface area contributed by atoms with Crippen molar-refractivity contribution in [2.75, 3.05) is 7.05 Å². The van der Waals surface area contributed by atoms with Gasteiger partial charge in [0.1, 0.15) is 0 Å². The van der Waals surface area contributed by atoms with Crippen molar-refractivity contribution < 1.29 is 0 Å². The maximum atomic E-state index is 3.43. The normalized spacial score (nSPS) is 15.0. The number of alkyl halides is 1. The molecule has 2 heteroatoms. The van der Waals surface area contributed by atoms with Crippen LogP contribution in [-0.4, -0.2) is 12.0 Å². The molecule has 0 rings (SSSR count). The van der Waals surface area contributed by atoms with Gasteiger partial charge < -0.3 is 5.32 Å². The van der Waals surface area contributed by atoms with E-state index in [-0.39, 0.29) is 0 Å². The maximum absolute atomic E-state index is 3.43.